The lowest BCUT2D eigenvalue weighted by molar-refractivity contribution is -0.0277. The van der Waals surface area contributed by atoms with E-state index < -0.39 is 5.60 Å². The van der Waals surface area contributed by atoms with Crippen LogP contribution >= 0.6 is 0 Å². The van der Waals surface area contributed by atoms with Crippen molar-refractivity contribution in [3.8, 4) is 17.2 Å². The van der Waals surface area contributed by atoms with E-state index in [-0.39, 0.29) is 13.2 Å². The first kappa shape index (κ1) is 14.0. The third-order valence-electron chi connectivity index (χ3n) is 2.98. The van der Waals surface area contributed by atoms with Crippen LogP contribution in [0.5, 0.6) is 17.2 Å². The average molecular weight is 267 g/mol. The van der Waals surface area contributed by atoms with Crippen molar-refractivity contribution in [1.82, 2.24) is 5.32 Å². The predicted octanol–water partition coefficient (Wildman–Crippen LogP) is 1.20. The quantitative estimate of drug-likeness (QED) is 0.858. The minimum atomic E-state index is -1.03. The summed E-state index contributed by atoms with van der Waals surface area (Å²) in [6.45, 7) is 4.87. The maximum atomic E-state index is 10.5. The van der Waals surface area contributed by atoms with Crippen molar-refractivity contribution in [1.29, 1.82) is 0 Å². The Hall–Kier alpha value is -1.46. The summed E-state index contributed by atoms with van der Waals surface area (Å²) in [5.41, 5.74) is -1.03. The number of methoxy groups -OCH3 is 1. The number of ether oxygens (including phenoxy) is 3. The van der Waals surface area contributed by atoms with Gasteiger partial charge in [0.1, 0.15) is 24.6 Å². The number of fused-ring (bicyclic) bond motifs is 1. The van der Waals surface area contributed by atoms with E-state index in [0.29, 0.717) is 29.8 Å². The van der Waals surface area contributed by atoms with Crippen LogP contribution in [-0.4, -0.2) is 43.6 Å². The molecule has 1 unspecified atom stereocenters. The Balaban J connectivity index is 2.07. The molecule has 2 N–H and O–H groups in total. The molecule has 0 aliphatic carbocycles. The molecule has 0 saturated heterocycles. The Morgan fingerprint density at radius 2 is 2.00 bits per heavy atom. The molecular weight excluding hydrogens is 246 g/mol. The minimum absolute atomic E-state index is 0.187. The molecule has 0 bridgehead atoms. The van der Waals surface area contributed by atoms with Gasteiger partial charge in [0.25, 0.3) is 0 Å². The van der Waals surface area contributed by atoms with Crippen molar-refractivity contribution in [2.75, 3.05) is 26.9 Å². The monoisotopic (exact) mass is 267 g/mol. The molecule has 19 heavy (non-hydrogen) atoms. The fourth-order valence-corrected chi connectivity index (χ4v) is 1.81. The van der Waals surface area contributed by atoms with Crippen LogP contribution in [0.2, 0.25) is 0 Å². The Morgan fingerprint density at radius 1 is 1.32 bits per heavy atom. The van der Waals surface area contributed by atoms with E-state index in [2.05, 4.69) is 5.32 Å². The van der Waals surface area contributed by atoms with E-state index in [1.54, 1.807) is 25.3 Å². The number of rotatable bonds is 4. The van der Waals surface area contributed by atoms with Crippen LogP contribution in [0, 0.1) is 0 Å². The SMILES string of the molecule is COc1ccc2c(c1)OCC(O)(CNC(C)C)CO2. The van der Waals surface area contributed by atoms with Crippen LogP contribution in [0.15, 0.2) is 18.2 Å². The summed E-state index contributed by atoms with van der Waals surface area (Å²) >= 11 is 0. The van der Waals surface area contributed by atoms with E-state index >= 15 is 0 Å². The lowest BCUT2D eigenvalue weighted by atomic mass is 10.1. The number of benzene rings is 1. The summed E-state index contributed by atoms with van der Waals surface area (Å²) in [5, 5.41) is 13.7. The van der Waals surface area contributed by atoms with E-state index in [1.807, 2.05) is 13.8 Å². The zero-order chi connectivity index (χ0) is 13.9. The zero-order valence-electron chi connectivity index (χ0n) is 11.6. The summed E-state index contributed by atoms with van der Waals surface area (Å²) in [5.74, 6) is 1.93. The molecule has 0 aromatic heterocycles. The van der Waals surface area contributed by atoms with Gasteiger partial charge in [-0.25, -0.2) is 0 Å². The summed E-state index contributed by atoms with van der Waals surface area (Å²) in [6, 6.07) is 5.65. The zero-order valence-corrected chi connectivity index (χ0v) is 11.6. The standard InChI is InChI=1S/C14H21NO4/c1-10(2)15-7-14(16)8-18-12-5-4-11(17-3)6-13(12)19-9-14/h4-6,10,15-16H,7-9H2,1-3H3. The largest absolute Gasteiger partial charge is 0.497 e. The molecule has 2 rings (SSSR count). The second kappa shape index (κ2) is 5.67. The van der Waals surface area contributed by atoms with Crippen molar-refractivity contribution < 1.29 is 19.3 Å². The van der Waals surface area contributed by atoms with Gasteiger partial charge in [0.05, 0.1) is 7.11 Å². The lowest BCUT2D eigenvalue weighted by Gasteiger charge is -2.26. The van der Waals surface area contributed by atoms with Gasteiger partial charge in [0.2, 0.25) is 0 Å². The normalized spacial score (nSPS) is 22.2. The summed E-state index contributed by atoms with van der Waals surface area (Å²) < 4.78 is 16.4. The Morgan fingerprint density at radius 3 is 2.63 bits per heavy atom. The van der Waals surface area contributed by atoms with Gasteiger partial charge in [-0.1, -0.05) is 13.8 Å². The molecule has 1 aliphatic rings. The van der Waals surface area contributed by atoms with Crippen LogP contribution < -0.4 is 19.5 Å². The van der Waals surface area contributed by atoms with Gasteiger partial charge in [0, 0.05) is 18.7 Å². The molecule has 1 aliphatic heterocycles. The number of hydrogen-bond donors (Lipinski definition) is 2. The van der Waals surface area contributed by atoms with Crippen molar-refractivity contribution in [2.24, 2.45) is 0 Å². The predicted molar refractivity (Wildman–Crippen MR) is 72.1 cm³/mol. The maximum absolute atomic E-state index is 10.5. The summed E-state index contributed by atoms with van der Waals surface area (Å²) in [6.07, 6.45) is 0. The van der Waals surface area contributed by atoms with Crippen molar-refractivity contribution in [3.05, 3.63) is 18.2 Å². The molecule has 5 nitrogen and oxygen atoms in total. The Labute approximate surface area is 113 Å². The van der Waals surface area contributed by atoms with Crippen LogP contribution in [0.3, 0.4) is 0 Å². The molecule has 5 heteroatoms. The van der Waals surface area contributed by atoms with E-state index in [9.17, 15) is 5.11 Å². The van der Waals surface area contributed by atoms with Gasteiger partial charge in [-0.05, 0) is 12.1 Å². The molecule has 1 aromatic carbocycles. The maximum Gasteiger partial charge on any atom is 0.165 e. The minimum Gasteiger partial charge on any atom is -0.497 e. The van der Waals surface area contributed by atoms with Crippen LogP contribution in [0.4, 0.5) is 0 Å². The third-order valence-corrected chi connectivity index (χ3v) is 2.98. The van der Waals surface area contributed by atoms with Crippen molar-refractivity contribution in [3.63, 3.8) is 0 Å². The molecule has 0 fully saturated rings. The van der Waals surface area contributed by atoms with E-state index in [4.69, 9.17) is 14.2 Å². The molecule has 1 heterocycles. The van der Waals surface area contributed by atoms with Crippen molar-refractivity contribution in [2.45, 2.75) is 25.5 Å². The first-order valence-electron chi connectivity index (χ1n) is 6.42. The topological polar surface area (TPSA) is 60.0 Å². The van der Waals surface area contributed by atoms with Crippen LogP contribution in [-0.2, 0) is 0 Å². The Kier molecular flexibility index (Phi) is 4.17. The fourth-order valence-electron chi connectivity index (χ4n) is 1.81. The molecular formula is C14H21NO4. The van der Waals surface area contributed by atoms with Gasteiger partial charge in [-0.15, -0.1) is 0 Å². The van der Waals surface area contributed by atoms with Crippen LogP contribution in [0.25, 0.3) is 0 Å². The van der Waals surface area contributed by atoms with Gasteiger partial charge >= 0.3 is 0 Å². The third kappa shape index (κ3) is 3.52. The van der Waals surface area contributed by atoms with Gasteiger partial charge in [0.15, 0.2) is 11.5 Å². The van der Waals surface area contributed by atoms with Crippen LogP contribution in [0.1, 0.15) is 13.8 Å². The first-order chi connectivity index (χ1) is 9.02. The molecule has 0 saturated carbocycles. The van der Waals surface area contributed by atoms with Gasteiger partial charge < -0.3 is 24.6 Å². The highest BCUT2D eigenvalue weighted by molar-refractivity contribution is 5.46. The smallest absolute Gasteiger partial charge is 0.165 e. The second-order valence-electron chi connectivity index (χ2n) is 5.15. The Bertz CT molecular complexity index is 435. The average Bonchev–Trinajstić information content (AvgIpc) is 2.57. The summed E-state index contributed by atoms with van der Waals surface area (Å²) in [7, 11) is 1.60. The van der Waals surface area contributed by atoms with Gasteiger partial charge in [-0.3, -0.25) is 0 Å². The fraction of sp³-hybridized carbons (Fsp3) is 0.571. The highest BCUT2D eigenvalue weighted by atomic mass is 16.6. The highest BCUT2D eigenvalue weighted by Crippen LogP contribution is 2.34. The molecule has 0 radical (unpaired) electrons. The molecule has 106 valence electrons. The molecule has 0 amide bonds. The lowest BCUT2D eigenvalue weighted by Crippen LogP contribution is -2.50. The van der Waals surface area contributed by atoms with Gasteiger partial charge in [-0.2, -0.15) is 0 Å². The number of nitrogens with one attached hydrogen (secondary N) is 1. The number of aliphatic hydroxyl groups is 1. The first-order valence-corrected chi connectivity index (χ1v) is 6.42. The molecule has 0 spiro atoms. The van der Waals surface area contributed by atoms with E-state index in [1.165, 1.54) is 0 Å². The number of hydrogen-bond acceptors (Lipinski definition) is 5. The second-order valence-corrected chi connectivity index (χ2v) is 5.15. The summed E-state index contributed by atoms with van der Waals surface area (Å²) in [4.78, 5) is 0. The highest BCUT2D eigenvalue weighted by Gasteiger charge is 2.32. The molecule has 1 atom stereocenters. The van der Waals surface area contributed by atoms with Crippen molar-refractivity contribution >= 4 is 0 Å². The molecule has 1 aromatic rings. The van der Waals surface area contributed by atoms with E-state index in [0.717, 1.165) is 0 Å².